The molecule has 3 aromatic rings. The molecule has 3 rings (SSSR count). The van der Waals surface area contributed by atoms with E-state index in [4.69, 9.17) is 16.3 Å². The van der Waals surface area contributed by atoms with Crippen LogP contribution in [-0.4, -0.2) is 23.9 Å². The summed E-state index contributed by atoms with van der Waals surface area (Å²) in [6, 6.07) is 12.6. The summed E-state index contributed by atoms with van der Waals surface area (Å²) in [5.41, 5.74) is 7.86. The summed E-state index contributed by atoms with van der Waals surface area (Å²) in [5.74, 6) is 0.715. The first-order valence-corrected chi connectivity index (χ1v) is 10.4. The molecule has 0 unspecified atom stereocenters. The predicted molar refractivity (Wildman–Crippen MR) is 125 cm³/mol. The first-order chi connectivity index (χ1) is 14.3. The van der Waals surface area contributed by atoms with Gasteiger partial charge in [-0.15, -0.1) is 0 Å². The maximum Gasteiger partial charge on any atom is 0.339 e. The van der Waals surface area contributed by atoms with Gasteiger partial charge in [-0.2, -0.15) is 5.10 Å². The molecule has 30 heavy (non-hydrogen) atoms. The van der Waals surface area contributed by atoms with E-state index < -0.39 is 6.03 Å². The lowest BCUT2D eigenvalue weighted by Gasteiger charge is -2.14. The number of urea groups is 1. The van der Waals surface area contributed by atoms with Crippen LogP contribution in [0.25, 0.3) is 5.69 Å². The van der Waals surface area contributed by atoms with Crippen molar-refractivity contribution in [1.82, 2.24) is 9.99 Å². The second-order valence-corrected chi connectivity index (χ2v) is 8.06. The summed E-state index contributed by atoms with van der Waals surface area (Å²) in [6.07, 6.45) is 1.61. The summed E-state index contributed by atoms with van der Waals surface area (Å²) < 4.78 is 8.50. The fraction of sp³-hybridized carbons (Fsp3) is 0.182. The van der Waals surface area contributed by atoms with Gasteiger partial charge in [0.05, 0.1) is 19.0 Å². The highest BCUT2D eigenvalue weighted by Gasteiger charge is 2.14. The van der Waals surface area contributed by atoms with Gasteiger partial charge in [0, 0.05) is 32.1 Å². The van der Waals surface area contributed by atoms with Crippen LogP contribution in [0.3, 0.4) is 0 Å². The molecule has 0 aliphatic rings. The molecule has 2 N–H and O–H groups in total. The smallest absolute Gasteiger partial charge is 0.339 e. The minimum atomic E-state index is -0.418. The van der Waals surface area contributed by atoms with Gasteiger partial charge in [-0.3, -0.25) is 0 Å². The number of nitrogens with one attached hydrogen (secondary N) is 2. The third kappa shape index (κ3) is 4.86. The Labute approximate surface area is 189 Å². The Morgan fingerprint density at radius 2 is 1.93 bits per heavy atom. The van der Waals surface area contributed by atoms with Crippen LogP contribution in [0.4, 0.5) is 10.5 Å². The largest absolute Gasteiger partial charge is 0.495 e. The van der Waals surface area contributed by atoms with Gasteiger partial charge in [-0.25, -0.2) is 10.2 Å². The Hall–Kier alpha value is -2.77. The van der Waals surface area contributed by atoms with E-state index in [0.717, 1.165) is 32.7 Å². The monoisotopic (exact) mass is 488 g/mol. The molecule has 1 aromatic heterocycles. The van der Waals surface area contributed by atoms with Gasteiger partial charge in [0.25, 0.3) is 0 Å². The zero-order valence-electron chi connectivity index (χ0n) is 17.1. The van der Waals surface area contributed by atoms with Gasteiger partial charge in [-0.1, -0.05) is 27.5 Å². The number of methoxy groups -OCH3 is 1. The first kappa shape index (κ1) is 21.9. The molecule has 0 saturated heterocycles. The van der Waals surface area contributed by atoms with E-state index in [1.165, 1.54) is 0 Å². The molecule has 0 radical (unpaired) electrons. The standard InChI is InChI=1S/C22H22BrClN4O2/c1-13-9-18(6-7-19(13)23)26-22(29)27-25-12-16-10-14(2)28(15(16)3)20-11-17(24)5-8-21(20)30-4/h5-12H,1-4H3,(H2,26,27,29)/b25-12+. The number of amides is 2. The summed E-state index contributed by atoms with van der Waals surface area (Å²) in [6.45, 7) is 5.91. The first-order valence-electron chi connectivity index (χ1n) is 9.19. The van der Waals surface area contributed by atoms with E-state index >= 15 is 0 Å². The van der Waals surface area contributed by atoms with Crippen molar-refractivity contribution in [2.45, 2.75) is 20.8 Å². The average molecular weight is 490 g/mol. The minimum Gasteiger partial charge on any atom is -0.495 e. The van der Waals surface area contributed by atoms with E-state index in [1.807, 2.05) is 61.7 Å². The van der Waals surface area contributed by atoms with E-state index in [1.54, 1.807) is 19.4 Å². The molecular formula is C22H22BrClN4O2. The normalized spacial score (nSPS) is 11.0. The van der Waals surface area contributed by atoms with Crippen LogP contribution < -0.4 is 15.5 Å². The van der Waals surface area contributed by atoms with E-state index in [2.05, 4.69) is 31.8 Å². The maximum absolute atomic E-state index is 12.1. The number of hydrazone groups is 1. The summed E-state index contributed by atoms with van der Waals surface area (Å²) >= 11 is 9.62. The molecule has 8 heteroatoms. The second kappa shape index (κ2) is 9.36. The van der Waals surface area contributed by atoms with Crippen molar-refractivity contribution < 1.29 is 9.53 Å². The van der Waals surface area contributed by atoms with Crippen LogP contribution in [0.5, 0.6) is 5.75 Å². The Kier molecular flexibility index (Phi) is 6.84. The zero-order valence-corrected chi connectivity index (χ0v) is 19.4. The maximum atomic E-state index is 12.1. The second-order valence-electron chi connectivity index (χ2n) is 6.77. The molecule has 0 saturated carbocycles. The number of hydrogen-bond acceptors (Lipinski definition) is 3. The highest BCUT2D eigenvalue weighted by molar-refractivity contribution is 9.10. The molecule has 0 aliphatic heterocycles. The van der Waals surface area contributed by atoms with Crippen molar-refractivity contribution in [3.63, 3.8) is 0 Å². The van der Waals surface area contributed by atoms with Crippen molar-refractivity contribution in [1.29, 1.82) is 0 Å². The molecule has 0 fully saturated rings. The van der Waals surface area contributed by atoms with Gasteiger partial charge < -0.3 is 14.6 Å². The van der Waals surface area contributed by atoms with Gasteiger partial charge in [-0.05, 0) is 68.8 Å². The molecule has 2 aromatic carbocycles. The third-order valence-corrected chi connectivity index (χ3v) is 5.76. The molecular weight excluding hydrogens is 468 g/mol. The number of halogens is 2. The lowest BCUT2D eigenvalue weighted by atomic mass is 10.2. The highest BCUT2D eigenvalue weighted by atomic mass is 79.9. The lowest BCUT2D eigenvalue weighted by Crippen LogP contribution is -2.24. The number of aromatic nitrogens is 1. The third-order valence-electron chi connectivity index (χ3n) is 4.64. The van der Waals surface area contributed by atoms with Crippen molar-refractivity contribution in [3.8, 4) is 11.4 Å². The van der Waals surface area contributed by atoms with Gasteiger partial charge in [0.1, 0.15) is 5.75 Å². The Morgan fingerprint density at radius 3 is 2.63 bits per heavy atom. The van der Waals surface area contributed by atoms with Crippen LogP contribution in [0.1, 0.15) is 22.5 Å². The Morgan fingerprint density at radius 1 is 1.17 bits per heavy atom. The number of rotatable bonds is 5. The molecule has 2 amide bonds. The van der Waals surface area contributed by atoms with Crippen molar-refractivity contribution >= 4 is 45.5 Å². The van der Waals surface area contributed by atoms with Gasteiger partial charge >= 0.3 is 6.03 Å². The zero-order chi connectivity index (χ0) is 21.8. The number of nitrogens with zero attached hydrogens (tertiary/aromatic N) is 2. The van der Waals surface area contributed by atoms with E-state index in [9.17, 15) is 4.79 Å². The quantitative estimate of drug-likeness (QED) is 0.342. The number of aryl methyl sites for hydroxylation is 2. The van der Waals surface area contributed by atoms with Crippen molar-refractivity contribution in [3.05, 3.63) is 74.5 Å². The van der Waals surface area contributed by atoms with Crippen LogP contribution in [0.15, 0.2) is 52.0 Å². The topological polar surface area (TPSA) is 67.6 Å². The molecule has 6 nitrogen and oxygen atoms in total. The Bertz CT molecular complexity index is 1120. The van der Waals surface area contributed by atoms with Crippen LogP contribution >= 0.6 is 27.5 Å². The summed E-state index contributed by atoms with van der Waals surface area (Å²) in [7, 11) is 1.62. The minimum absolute atomic E-state index is 0.418. The molecule has 1 heterocycles. The van der Waals surface area contributed by atoms with Gasteiger partial charge in [0.15, 0.2) is 0 Å². The Balaban J connectivity index is 1.75. The number of anilines is 1. The summed E-state index contributed by atoms with van der Waals surface area (Å²) in [5, 5.41) is 7.45. The average Bonchev–Trinajstić information content (AvgIpc) is 2.98. The predicted octanol–water partition coefficient (Wildman–Crippen LogP) is 5.98. The van der Waals surface area contributed by atoms with Gasteiger partial charge in [0.2, 0.25) is 0 Å². The van der Waals surface area contributed by atoms with Crippen LogP contribution in [0.2, 0.25) is 5.02 Å². The van der Waals surface area contributed by atoms with Crippen molar-refractivity contribution in [2.75, 3.05) is 12.4 Å². The fourth-order valence-corrected chi connectivity index (χ4v) is 3.58. The van der Waals surface area contributed by atoms with Crippen LogP contribution in [0, 0.1) is 20.8 Å². The SMILES string of the molecule is COc1ccc(Cl)cc1-n1c(C)cc(/C=N/NC(=O)Nc2ccc(Br)c(C)c2)c1C. The molecule has 0 bridgehead atoms. The van der Waals surface area contributed by atoms with Crippen molar-refractivity contribution in [2.24, 2.45) is 5.10 Å². The molecule has 0 atom stereocenters. The molecule has 156 valence electrons. The number of ether oxygens (including phenoxy) is 1. The molecule has 0 spiro atoms. The number of carbonyl (C=O) groups is 1. The summed E-state index contributed by atoms with van der Waals surface area (Å²) in [4.78, 5) is 12.1. The number of carbonyl (C=O) groups excluding carboxylic acids is 1. The van der Waals surface area contributed by atoms with E-state index in [-0.39, 0.29) is 0 Å². The number of hydrogen-bond donors (Lipinski definition) is 2. The lowest BCUT2D eigenvalue weighted by molar-refractivity contribution is 0.252. The van der Waals surface area contributed by atoms with E-state index in [0.29, 0.717) is 16.5 Å². The highest BCUT2D eigenvalue weighted by Crippen LogP contribution is 2.30. The fourth-order valence-electron chi connectivity index (χ4n) is 3.17. The molecule has 0 aliphatic carbocycles. The van der Waals surface area contributed by atoms with Crippen LogP contribution in [-0.2, 0) is 0 Å². The number of benzene rings is 2.